The first-order valence-corrected chi connectivity index (χ1v) is 7.40. The number of benzene rings is 3. The summed E-state index contributed by atoms with van der Waals surface area (Å²) in [5.74, 6) is 0. The molecule has 0 aromatic heterocycles. The van der Waals surface area contributed by atoms with Crippen LogP contribution in [-0.2, 0) is 6.42 Å². The van der Waals surface area contributed by atoms with E-state index >= 15 is 0 Å². The molecule has 0 radical (unpaired) electrons. The van der Waals surface area contributed by atoms with Crippen LogP contribution in [0, 0.1) is 0 Å². The highest BCUT2D eigenvalue weighted by atomic mass is 14.9. The molecule has 0 bridgehead atoms. The van der Waals surface area contributed by atoms with Crippen LogP contribution in [-0.4, -0.2) is 0 Å². The standard InChI is InChI=1S/C20H17N/c1-3-7-15(8-4-1)17-11-12-19-18(13-17)14-20(21-19)16-9-5-2-6-10-16/h1-13,20-21H,14H2. The first-order chi connectivity index (χ1) is 10.4. The summed E-state index contributed by atoms with van der Waals surface area (Å²) in [5.41, 5.74) is 6.61. The van der Waals surface area contributed by atoms with E-state index in [1.807, 2.05) is 0 Å². The van der Waals surface area contributed by atoms with E-state index in [0.29, 0.717) is 6.04 Å². The second-order valence-electron chi connectivity index (χ2n) is 5.55. The maximum absolute atomic E-state index is 3.63. The van der Waals surface area contributed by atoms with Crippen LogP contribution in [0.4, 0.5) is 5.69 Å². The molecule has 3 aromatic carbocycles. The summed E-state index contributed by atoms with van der Waals surface area (Å²) in [7, 11) is 0. The normalized spacial score (nSPS) is 16.3. The quantitative estimate of drug-likeness (QED) is 0.686. The van der Waals surface area contributed by atoms with Crippen molar-refractivity contribution in [1.29, 1.82) is 0 Å². The Bertz CT molecular complexity index is 747. The van der Waals surface area contributed by atoms with Crippen molar-refractivity contribution in [2.45, 2.75) is 12.5 Å². The summed E-state index contributed by atoms with van der Waals surface area (Å²) >= 11 is 0. The van der Waals surface area contributed by atoms with E-state index in [9.17, 15) is 0 Å². The molecule has 0 fully saturated rings. The molecule has 0 saturated carbocycles. The first-order valence-electron chi connectivity index (χ1n) is 7.40. The van der Waals surface area contributed by atoms with Gasteiger partial charge in [-0.2, -0.15) is 0 Å². The van der Waals surface area contributed by atoms with Crippen LogP contribution >= 0.6 is 0 Å². The zero-order valence-corrected chi connectivity index (χ0v) is 11.8. The molecule has 0 aliphatic carbocycles. The molecule has 0 spiro atoms. The van der Waals surface area contributed by atoms with Crippen LogP contribution in [0.25, 0.3) is 11.1 Å². The van der Waals surface area contributed by atoms with Gasteiger partial charge < -0.3 is 5.32 Å². The van der Waals surface area contributed by atoms with Gasteiger partial charge in [0.05, 0.1) is 6.04 Å². The molecule has 3 aromatic rings. The average molecular weight is 271 g/mol. The Morgan fingerprint density at radius 2 is 1.43 bits per heavy atom. The molecule has 102 valence electrons. The highest BCUT2D eigenvalue weighted by Crippen LogP contribution is 2.36. The van der Waals surface area contributed by atoms with E-state index in [1.54, 1.807) is 0 Å². The SMILES string of the molecule is c1ccc(-c2ccc3c(c2)CC(c2ccccc2)N3)cc1. The number of fused-ring (bicyclic) bond motifs is 1. The molecule has 1 aliphatic heterocycles. The summed E-state index contributed by atoms with van der Waals surface area (Å²) in [5, 5.41) is 3.63. The van der Waals surface area contributed by atoms with Crippen molar-refractivity contribution < 1.29 is 0 Å². The number of anilines is 1. The molecule has 1 heterocycles. The summed E-state index contributed by atoms with van der Waals surface area (Å²) < 4.78 is 0. The summed E-state index contributed by atoms with van der Waals surface area (Å²) in [4.78, 5) is 0. The van der Waals surface area contributed by atoms with Crippen molar-refractivity contribution in [2.24, 2.45) is 0 Å². The largest absolute Gasteiger partial charge is 0.378 e. The minimum absolute atomic E-state index is 0.396. The van der Waals surface area contributed by atoms with E-state index in [4.69, 9.17) is 0 Å². The number of rotatable bonds is 2. The molecule has 1 aliphatic rings. The zero-order chi connectivity index (χ0) is 14.1. The maximum atomic E-state index is 3.63. The molecule has 0 amide bonds. The van der Waals surface area contributed by atoms with Gasteiger partial charge in [0.25, 0.3) is 0 Å². The van der Waals surface area contributed by atoms with Gasteiger partial charge in [-0.1, -0.05) is 66.7 Å². The molecule has 1 nitrogen and oxygen atoms in total. The van der Waals surface area contributed by atoms with Crippen LogP contribution in [0.1, 0.15) is 17.2 Å². The van der Waals surface area contributed by atoms with Crippen molar-refractivity contribution in [3.63, 3.8) is 0 Å². The summed E-state index contributed by atoms with van der Waals surface area (Å²) in [6, 6.07) is 28.4. The van der Waals surface area contributed by atoms with E-state index in [1.165, 1.54) is 27.9 Å². The zero-order valence-electron chi connectivity index (χ0n) is 11.8. The lowest BCUT2D eigenvalue weighted by Gasteiger charge is -2.10. The van der Waals surface area contributed by atoms with E-state index in [0.717, 1.165) is 6.42 Å². The van der Waals surface area contributed by atoms with E-state index < -0.39 is 0 Å². The van der Waals surface area contributed by atoms with Gasteiger partial charge in [0.2, 0.25) is 0 Å². The molecule has 0 saturated heterocycles. The fraction of sp³-hybridized carbons (Fsp3) is 0.100. The second-order valence-corrected chi connectivity index (χ2v) is 5.55. The fourth-order valence-corrected chi connectivity index (χ4v) is 3.06. The summed E-state index contributed by atoms with van der Waals surface area (Å²) in [6.45, 7) is 0. The Morgan fingerprint density at radius 3 is 2.19 bits per heavy atom. The van der Waals surface area contributed by atoms with Crippen LogP contribution in [0.15, 0.2) is 78.9 Å². The number of nitrogens with one attached hydrogen (secondary N) is 1. The first kappa shape index (κ1) is 12.2. The van der Waals surface area contributed by atoms with Crippen molar-refractivity contribution in [3.05, 3.63) is 90.0 Å². The van der Waals surface area contributed by atoms with Crippen LogP contribution in [0.3, 0.4) is 0 Å². The molecular formula is C20H17N. The molecule has 1 N–H and O–H groups in total. The Balaban J connectivity index is 1.65. The topological polar surface area (TPSA) is 12.0 Å². The monoisotopic (exact) mass is 271 g/mol. The number of hydrogen-bond donors (Lipinski definition) is 1. The van der Waals surface area contributed by atoms with Gasteiger partial charge in [0, 0.05) is 5.69 Å². The average Bonchev–Trinajstić information content (AvgIpc) is 2.99. The van der Waals surface area contributed by atoms with Gasteiger partial charge in [-0.05, 0) is 40.8 Å². The Labute approximate surface area is 125 Å². The third-order valence-corrected chi connectivity index (χ3v) is 4.17. The van der Waals surface area contributed by atoms with Crippen molar-refractivity contribution in [1.82, 2.24) is 0 Å². The molecule has 1 heteroatoms. The van der Waals surface area contributed by atoms with Gasteiger partial charge >= 0.3 is 0 Å². The van der Waals surface area contributed by atoms with Gasteiger partial charge in [0.1, 0.15) is 0 Å². The van der Waals surface area contributed by atoms with Gasteiger partial charge in [-0.15, -0.1) is 0 Å². The highest BCUT2D eigenvalue weighted by molar-refractivity contribution is 5.70. The van der Waals surface area contributed by atoms with Crippen LogP contribution < -0.4 is 5.32 Å². The minimum Gasteiger partial charge on any atom is -0.378 e. The van der Waals surface area contributed by atoms with Crippen LogP contribution in [0.2, 0.25) is 0 Å². The molecular weight excluding hydrogens is 254 g/mol. The van der Waals surface area contributed by atoms with Gasteiger partial charge in [0.15, 0.2) is 0 Å². The molecule has 1 atom stereocenters. The molecule has 4 rings (SSSR count). The lowest BCUT2D eigenvalue weighted by Crippen LogP contribution is -2.04. The Kier molecular flexibility index (Phi) is 2.97. The summed E-state index contributed by atoms with van der Waals surface area (Å²) in [6.07, 6.45) is 1.06. The highest BCUT2D eigenvalue weighted by Gasteiger charge is 2.21. The van der Waals surface area contributed by atoms with Gasteiger partial charge in [-0.3, -0.25) is 0 Å². The van der Waals surface area contributed by atoms with Crippen molar-refractivity contribution in [3.8, 4) is 11.1 Å². The van der Waals surface area contributed by atoms with E-state index in [2.05, 4.69) is 84.2 Å². The van der Waals surface area contributed by atoms with Crippen molar-refractivity contribution in [2.75, 3.05) is 5.32 Å². The lowest BCUT2D eigenvalue weighted by molar-refractivity contribution is 0.824. The second kappa shape index (κ2) is 5.10. The minimum atomic E-state index is 0.396. The smallest absolute Gasteiger partial charge is 0.0555 e. The third kappa shape index (κ3) is 2.31. The Hall–Kier alpha value is -2.54. The lowest BCUT2D eigenvalue weighted by atomic mass is 9.99. The molecule has 1 unspecified atom stereocenters. The third-order valence-electron chi connectivity index (χ3n) is 4.17. The van der Waals surface area contributed by atoms with Gasteiger partial charge in [-0.25, -0.2) is 0 Å². The van der Waals surface area contributed by atoms with Crippen LogP contribution in [0.5, 0.6) is 0 Å². The predicted octanol–water partition coefficient (Wildman–Crippen LogP) is 5.06. The predicted molar refractivity (Wildman–Crippen MR) is 88.4 cm³/mol. The number of hydrogen-bond acceptors (Lipinski definition) is 1. The fourth-order valence-electron chi connectivity index (χ4n) is 3.06. The maximum Gasteiger partial charge on any atom is 0.0555 e. The molecule has 21 heavy (non-hydrogen) atoms. The van der Waals surface area contributed by atoms with E-state index in [-0.39, 0.29) is 0 Å². The Morgan fingerprint density at radius 1 is 0.714 bits per heavy atom. The van der Waals surface area contributed by atoms with Crippen molar-refractivity contribution >= 4 is 5.69 Å².